The number of hydrogen-bond acceptors (Lipinski definition) is 1. The van der Waals surface area contributed by atoms with E-state index >= 15 is 0 Å². The van der Waals surface area contributed by atoms with Crippen LogP contribution in [-0.2, 0) is 28.5 Å². The van der Waals surface area contributed by atoms with E-state index in [1.54, 1.807) is 0 Å². The minimum atomic E-state index is 0.165. The third kappa shape index (κ3) is 10.6. The molecule has 0 heterocycles. The van der Waals surface area contributed by atoms with Gasteiger partial charge in [0, 0.05) is 12.8 Å². The van der Waals surface area contributed by atoms with Crippen molar-refractivity contribution in [3.63, 3.8) is 0 Å². The molecule has 2 aromatic carbocycles. The van der Waals surface area contributed by atoms with Crippen molar-refractivity contribution in [1.29, 1.82) is 0 Å². The van der Waals surface area contributed by atoms with Crippen molar-refractivity contribution < 1.29 is 4.79 Å². The van der Waals surface area contributed by atoms with E-state index in [-0.39, 0.29) is 10.8 Å². The Morgan fingerprint density at radius 3 is 1.22 bits per heavy atom. The summed E-state index contributed by atoms with van der Waals surface area (Å²) >= 11 is 0. The molecule has 0 aliphatic heterocycles. The molecule has 0 radical (unpaired) electrons. The number of rotatable bonds is 16. The minimum absolute atomic E-state index is 0.165. The molecular formula is C35H54O. The second kappa shape index (κ2) is 14.2. The smallest absolute Gasteiger partial charge is 0.132 e. The molecular weight excluding hydrogens is 436 g/mol. The van der Waals surface area contributed by atoms with Crippen molar-refractivity contribution in [2.24, 2.45) is 11.8 Å². The van der Waals surface area contributed by atoms with E-state index in [1.807, 2.05) is 0 Å². The van der Waals surface area contributed by atoms with Crippen molar-refractivity contribution in [2.45, 2.75) is 130 Å². The van der Waals surface area contributed by atoms with Gasteiger partial charge in [0.2, 0.25) is 0 Å². The molecule has 0 saturated carbocycles. The van der Waals surface area contributed by atoms with E-state index in [0.717, 1.165) is 64.2 Å². The molecule has 0 atom stereocenters. The molecule has 0 amide bonds. The monoisotopic (exact) mass is 490 g/mol. The SMILES string of the molecule is CC(C)Cc1ccc(C(C)(C)CCCCC(=O)CCCCC(C)(C)c2ccc(CC(C)C)cc2)cc1. The topological polar surface area (TPSA) is 17.1 Å². The number of unbranched alkanes of at least 4 members (excludes halogenated alkanes) is 2. The summed E-state index contributed by atoms with van der Waals surface area (Å²) < 4.78 is 0. The molecule has 0 aliphatic rings. The highest BCUT2D eigenvalue weighted by Gasteiger charge is 2.21. The Balaban J connectivity index is 1.66. The van der Waals surface area contributed by atoms with Crippen LogP contribution in [0, 0.1) is 11.8 Å². The molecule has 2 rings (SSSR count). The fourth-order valence-corrected chi connectivity index (χ4v) is 5.32. The number of benzene rings is 2. The molecule has 200 valence electrons. The first-order chi connectivity index (χ1) is 16.9. The summed E-state index contributed by atoms with van der Waals surface area (Å²) in [5, 5.41) is 0. The van der Waals surface area contributed by atoms with E-state index in [2.05, 4.69) is 104 Å². The third-order valence-corrected chi connectivity index (χ3v) is 7.77. The highest BCUT2D eigenvalue weighted by atomic mass is 16.1. The van der Waals surface area contributed by atoms with Gasteiger partial charge < -0.3 is 0 Å². The molecule has 0 unspecified atom stereocenters. The Morgan fingerprint density at radius 2 is 0.917 bits per heavy atom. The summed E-state index contributed by atoms with van der Waals surface area (Å²) in [7, 11) is 0. The maximum absolute atomic E-state index is 12.5. The van der Waals surface area contributed by atoms with Gasteiger partial charge >= 0.3 is 0 Å². The Labute approximate surface area is 223 Å². The van der Waals surface area contributed by atoms with Crippen LogP contribution in [-0.4, -0.2) is 5.78 Å². The van der Waals surface area contributed by atoms with Gasteiger partial charge in [-0.15, -0.1) is 0 Å². The van der Waals surface area contributed by atoms with Crippen LogP contribution in [0.2, 0.25) is 0 Å². The molecule has 0 bridgehead atoms. The lowest BCUT2D eigenvalue weighted by Gasteiger charge is -2.26. The second-order valence-corrected chi connectivity index (χ2v) is 13.3. The van der Waals surface area contributed by atoms with Crippen LogP contribution < -0.4 is 0 Å². The zero-order chi connectivity index (χ0) is 26.8. The largest absolute Gasteiger partial charge is 0.300 e. The van der Waals surface area contributed by atoms with E-state index in [1.165, 1.54) is 22.3 Å². The average molecular weight is 491 g/mol. The lowest BCUT2D eigenvalue weighted by molar-refractivity contribution is -0.119. The number of carbonyl (C=O) groups is 1. The van der Waals surface area contributed by atoms with Gasteiger partial charge in [0.1, 0.15) is 5.78 Å². The predicted molar refractivity (Wildman–Crippen MR) is 158 cm³/mol. The summed E-state index contributed by atoms with van der Waals surface area (Å²) in [6, 6.07) is 18.4. The van der Waals surface area contributed by atoms with E-state index in [0.29, 0.717) is 17.6 Å². The van der Waals surface area contributed by atoms with Crippen molar-refractivity contribution >= 4 is 5.78 Å². The molecule has 2 aromatic rings. The predicted octanol–water partition coefficient (Wildman–Crippen LogP) is 10.0. The van der Waals surface area contributed by atoms with Gasteiger partial charge in [0.25, 0.3) is 0 Å². The maximum atomic E-state index is 12.5. The standard InChI is InChI=1S/C35H54O/c1-27(2)25-29-15-19-31(20-16-29)34(5,6)23-11-9-13-33(36)14-10-12-24-35(7,8)32-21-17-30(18-22-32)26-28(3)4/h15-22,27-28H,9-14,23-26H2,1-8H3. The summed E-state index contributed by atoms with van der Waals surface area (Å²) in [5.41, 5.74) is 6.02. The van der Waals surface area contributed by atoms with Crippen LogP contribution in [0.5, 0.6) is 0 Å². The highest BCUT2D eigenvalue weighted by molar-refractivity contribution is 5.78. The Hall–Kier alpha value is -1.89. The summed E-state index contributed by atoms with van der Waals surface area (Å²) in [5.74, 6) is 1.83. The maximum Gasteiger partial charge on any atom is 0.132 e. The van der Waals surface area contributed by atoms with Gasteiger partial charge in [-0.05, 0) is 83.4 Å². The summed E-state index contributed by atoms with van der Waals surface area (Å²) in [4.78, 5) is 12.5. The molecule has 36 heavy (non-hydrogen) atoms. The number of hydrogen-bond donors (Lipinski definition) is 0. The van der Waals surface area contributed by atoms with Gasteiger partial charge in [-0.1, -0.05) is 117 Å². The van der Waals surface area contributed by atoms with Crippen LogP contribution in [0.15, 0.2) is 48.5 Å². The molecule has 1 nitrogen and oxygen atoms in total. The molecule has 0 fully saturated rings. The number of Topliss-reactive ketones (excluding diaryl/α,β-unsaturated/α-hetero) is 1. The average Bonchev–Trinajstić information content (AvgIpc) is 2.79. The first-order valence-electron chi connectivity index (χ1n) is 14.6. The molecule has 0 saturated heterocycles. The quantitative estimate of drug-likeness (QED) is 0.214. The zero-order valence-corrected chi connectivity index (χ0v) is 24.8. The van der Waals surface area contributed by atoms with Crippen molar-refractivity contribution in [3.8, 4) is 0 Å². The van der Waals surface area contributed by atoms with Gasteiger partial charge in [0.05, 0.1) is 0 Å². The fraction of sp³-hybridized carbons (Fsp3) is 0.629. The van der Waals surface area contributed by atoms with E-state index in [9.17, 15) is 4.79 Å². The first-order valence-corrected chi connectivity index (χ1v) is 14.6. The molecule has 0 spiro atoms. The molecule has 0 N–H and O–H groups in total. The van der Waals surface area contributed by atoms with Crippen LogP contribution in [0.25, 0.3) is 0 Å². The highest BCUT2D eigenvalue weighted by Crippen LogP contribution is 2.31. The minimum Gasteiger partial charge on any atom is -0.300 e. The van der Waals surface area contributed by atoms with Crippen molar-refractivity contribution in [2.75, 3.05) is 0 Å². The fourth-order valence-electron chi connectivity index (χ4n) is 5.32. The van der Waals surface area contributed by atoms with Crippen LogP contribution >= 0.6 is 0 Å². The van der Waals surface area contributed by atoms with Gasteiger partial charge in [-0.2, -0.15) is 0 Å². The van der Waals surface area contributed by atoms with Gasteiger partial charge in [-0.3, -0.25) is 4.79 Å². The number of carbonyl (C=O) groups excluding carboxylic acids is 1. The Kier molecular flexibility index (Phi) is 11.9. The number of ketones is 1. The van der Waals surface area contributed by atoms with E-state index < -0.39 is 0 Å². The summed E-state index contributed by atoms with van der Waals surface area (Å²) in [6.45, 7) is 18.4. The molecule has 0 aromatic heterocycles. The normalized spacial score (nSPS) is 12.5. The van der Waals surface area contributed by atoms with E-state index in [4.69, 9.17) is 0 Å². The molecule has 1 heteroatoms. The summed E-state index contributed by atoms with van der Waals surface area (Å²) in [6.07, 6.45) is 10.3. The lowest BCUT2D eigenvalue weighted by atomic mass is 9.79. The first kappa shape index (κ1) is 30.3. The van der Waals surface area contributed by atoms with Gasteiger partial charge in [-0.25, -0.2) is 0 Å². The lowest BCUT2D eigenvalue weighted by Crippen LogP contribution is -2.17. The van der Waals surface area contributed by atoms with Crippen molar-refractivity contribution in [3.05, 3.63) is 70.8 Å². The van der Waals surface area contributed by atoms with Crippen molar-refractivity contribution in [1.82, 2.24) is 0 Å². The second-order valence-electron chi connectivity index (χ2n) is 13.3. The third-order valence-electron chi connectivity index (χ3n) is 7.77. The van der Waals surface area contributed by atoms with Crippen LogP contribution in [0.4, 0.5) is 0 Å². The van der Waals surface area contributed by atoms with Crippen LogP contribution in [0.1, 0.15) is 129 Å². The Bertz CT molecular complexity index is 821. The van der Waals surface area contributed by atoms with Crippen LogP contribution in [0.3, 0.4) is 0 Å². The van der Waals surface area contributed by atoms with Gasteiger partial charge in [0.15, 0.2) is 0 Å². The Morgan fingerprint density at radius 1 is 0.583 bits per heavy atom. The molecule has 0 aliphatic carbocycles. The zero-order valence-electron chi connectivity index (χ0n) is 24.8.